The van der Waals surface area contributed by atoms with Crippen LogP contribution in [0.1, 0.15) is 31.8 Å². The third-order valence-corrected chi connectivity index (χ3v) is 9.41. The van der Waals surface area contributed by atoms with E-state index < -0.39 is 94.6 Å². The molecule has 0 heterocycles. The quantitative estimate of drug-likeness (QED) is 0.0691. The van der Waals surface area contributed by atoms with Crippen LogP contribution < -0.4 is 29.9 Å². The fraction of sp³-hybridized carbons (Fsp3) is 0.174. The van der Waals surface area contributed by atoms with Crippen molar-refractivity contribution in [1.29, 1.82) is 0 Å². The second-order valence-electron chi connectivity index (χ2n) is 13.7. The van der Waals surface area contributed by atoms with E-state index in [1.165, 1.54) is 74.9 Å². The average Bonchev–Trinajstić information content (AvgIpc) is 3.23. The summed E-state index contributed by atoms with van der Waals surface area (Å²) in [5.74, 6) is -10.8. The number of benzene rings is 5. The van der Waals surface area contributed by atoms with Gasteiger partial charge in [-0.15, -0.1) is 13.2 Å². The normalized spacial score (nSPS) is 11.7. The first-order valence-electron chi connectivity index (χ1n) is 18.8. The summed E-state index contributed by atoms with van der Waals surface area (Å²) in [6, 6.07) is 14.6. The zero-order valence-electron chi connectivity index (χ0n) is 33.4. The van der Waals surface area contributed by atoms with Gasteiger partial charge in [0.2, 0.25) is 11.8 Å². The van der Waals surface area contributed by atoms with Gasteiger partial charge in [-0.1, -0.05) is 12.2 Å². The van der Waals surface area contributed by atoms with Gasteiger partial charge < -0.3 is 29.9 Å². The number of anilines is 2. The number of methoxy groups -OCH3 is 2. The van der Waals surface area contributed by atoms with Crippen molar-refractivity contribution in [2.24, 2.45) is 0 Å². The average molecular weight is 859 g/mol. The second-order valence-corrected chi connectivity index (χ2v) is 13.7. The molecule has 0 bridgehead atoms. The second kappa shape index (κ2) is 20.7. The van der Waals surface area contributed by atoms with E-state index in [0.29, 0.717) is 35.8 Å². The highest BCUT2D eigenvalue weighted by molar-refractivity contribution is 6.11. The number of nitrogens with one attached hydrogen (secondary N) is 2. The van der Waals surface area contributed by atoms with E-state index in [4.69, 9.17) is 9.47 Å². The summed E-state index contributed by atoms with van der Waals surface area (Å²) in [5.41, 5.74) is -2.08. The number of hydrogen-bond acceptors (Lipinski definition) is 6. The molecule has 5 aromatic rings. The van der Waals surface area contributed by atoms with Gasteiger partial charge in [0.1, 0.15) is 58.5 Å². The van der Waals surface area contributed by atoms with Gasteiger partial charge in [0.25, 0.3) is 11.8 Å². The molecule has 10 nitrogen and oxygen atoms in total. The van der Waals surface area contributed by atoms with Crippen LogP contribution in [-0.2, 0) is 22.4 Å². The summed E-state index contributed by atoms with van der Waals surface area (Å²) < 4.78 is 99.6. The monoisotopic (exact) mass is 858 g/mol. The molecule has 0 saturated heterocycles. The summed E-state index contributed by atoms with van der Waals surface area (Å²) in [7, 11) is 2.85. The molecule has 5 rings (SSSR count). The molecule has 2 atom stereocenters. The van der Waals surface area contributed by atoms with Crippen LogP contribution in [0, 0.1) is 34.9 Å². The van der Waals surface area contributed by atoms with Crippen molar-refractivity contribution in [1.82, 2.24) is 10.6 Å². The minimum atomic E-state index is -1.74. The third-order valence-electron chi connectivity index (χ3n) is 9.41. The largest absolute Gasteiger partial charge is 0.497 e. The van der Waals surface area contributed by atoms with Gasteiger partial charge in [0, 0.05) is 49.4 Å². The standard InChI is InChI=1S/C46H40F6N4O6/c1-5-17-55(33-7-11-35(61-3)12-8-33)45(59)39(23-27-19-29(47)25-30(48)20-27)53-43(57)41-37(51)15-16-38(52)42(41)44(58)54-40(24-28-21-31(49)26-32(50)22-28)46(60)56(18-6-2)34-9-13-36(62-4)14-10-34/h5-16,19-22,25-26,39-40H,1-2,17-18,23-24H2,3-4H3,(H,53,57)(H,54,58)/t39-,40-/m0/s1. The minimum absolute atomic E-state index is 0.108. The van der Waals surface area contributed by atoms with Gasteiger partial charge in [0.15, 0.2) is 0 Å². The molecule has 0 radical (unpaired) electrons. The Kier molecular flexibility index (Phi) is 15.3. The maximum atomic E-state index is 15.9. The summed E-state index contributed by atoms with van der Waals surface area (Å²) >= 11 is 0. The van der Waals surface area contributed by atoms with Crippen molar-refractivity contribution in [3.05, 3.63) is 180 Å². The molecule has 0 spiro atoms. The number of rotatable bonds is 18. The summed E-state index contributed by atoms with van der Waals surface area (Å²) in [6.45, 7) is 7.04. The van der Waals surface area contributed by atoms with Gasteiger partial charge >= 0.3 is 0 Å². The van der Waals surface area contributed by atoms with Gasteiger partial charge in [-0.05, 0) is 96.1 Å². The number of carbonyl (C=O) groups excluding carboxylic acids is 4. The maximum absolute atomic E-state index is 15.9. The highest BCUT2D eigenvalue weighted by atomic mass is 19.2. The van der Waals surface area contributed by atoms with E-state index in [1.807, 2.05) is 0 Å². The van der Waals surface area contributed by atoms with Gasteiger partial charge in [0.05, 0.1) is 25.3 Å². The Hall–Kier alpha value is -7.36. The Balaban J connectivity index is 1.55. The molecule has 0 aromatic heterocycles. The lowest BCUT2D eigenvalue weighted by molar-refractivity contribution is -0.121. The van der Waals surface area contributed by atoms with Crippen molar-refractivity contribution in [3.63, 3.8) is 0 Å². The van der Waals surface area contributed by atoms with E-state index in [2.05, 4.69) is 23.8 Å². The molecule has 16 heteroatoms. The molecule has 2 N–H and O–H groups in total. The molecular formula is C46H40F6N4O6. The Morgan fingerprint density at radius 3 is 1.16 bits per heavy atom. The van der Waals surface area contributed by atoms with Gasteiger partial charge in [-0.2, -0.15) is 0 Å². The van der Waals surface area contributed by atoms with Crippen molar-refractivity contribution >= 4 is 35.0 Å². The van der Waals surface area contributed by atoms with Crippen LogP contribution in [0.3, 0.4) is 0 Å². The van der Waals surface area contributed by atoms with E-state index in [0.717, 1.165) is 34.1 Å². The highest BCUT2D eigenvalue weighted by Gasteiger charge is 2.34. The predicted octanol–water partition coefficient (Wildman–Crippen LogP) is 7.66. The summed E-state index contributed by atoms with van der Waals surface area (Å²) in [6.07, 6.45) is 1.57. The van der Waals surface area contributed by atoms with Gasteiger partial charge in [-0.3, -0.25) is 19.2 Å². The SMILES string of the molecule is C=CCN(C(=O)[C@H](Cc1cc(F)cc(F)c1)NC(=O)c1c(F)ccc(F)c1C(=O)N[C@@H](Cc1cc(F)cc(F)c1)C(=O)N(CC=C)c1ccc(OC)cc1)c1ccc(OC)cc1. The Morgan fingerprint density at radius 1 is 0.548 bits per heavy atom. The van der Waals surface area contributed by atoms with Crippen LogP contribution in [0.5, 0.6) is 11.5 Å². The topological polar surface area (TPSA) is 117 Å². The van der Waals surface area contributed by atoms with Crippen molar-refractivity contribution < 1.29 is 55.0 Å². The van der Waals surface area contributed by atoms with Crippen LogP contribution in [-0.4, -0.2) is 63.0 Å². The molecule has 4 amide bonds. The van der Waals surface area contributed by atoms with E-state index in [1.54, 1.807) is 0 Å². The van der Waals surface area contributed by atoms with Crippen molar-refractivity contribution in [3.8, 4) is 11.5 Å². The molecule has 0 saturated carbocycles. The van der Waals surface area contributed by atoms with Crippen LogP contribution >= 0.6 is 0 Å². The van der Waals surface area contributed by atoms with Crippen LogP contribution in [0.25, 0.3) is 0 Å². The molecule has 322 valence electrons. The summed E-state index contributed by atoms with van der Waals surface area (Å²) in [5, 5.41) is 4.62. The van der Waals surface area contributed by atoms with E-state index >= 15 is 8.78 Å². The molecule has 5 aromatic carbocycles. The molecule has 62 heavy (non-hydrogen) atoms. The van der Waals surface area contributed by atoms with Crippen LogP contribution in [0.15, 0.2) is 122 Å². The minimum Gasteiger partial charge on any atom is -0.497 e. The Labute approximate surface area is 353 Å². The lowest BCUT2D eigenvalue weighted by Crippen LogP contribution is -2.51. The number of hydrogen-bond donors (Lipinski definition) is 2. The zero-order valence-corrected chi connectivity index (χ0v) is 33.4. The number of carbonyl (C=O) groups is 4. The predicted molar refractivity (Wildman–Crippen MR) is 220 cm³/mol. The molecule has 0 aliphatic heterocycles. The zero-order chi connectivity index (χ0) is 45.1. The van der Waals surface area contributed by atoms with Crippen molar-refractivity contribution in [2.75, 3.05) is 37.1 Å². The molecule has 0 aliphatic rings. The lowest BCUT2D eigenvalue weighted by atomic mass is 9.99. The van der Waals surface area contributed by atoms with Gasteiger partial charge in [-0.25, -0.2) is 26.3 Å². The first-order valence-corrected chi connectivity index (χ1v) is 18.8. The third kappa shape index (κ3) is 11.3. The Morgan fingerprint density at radius 2 is 0.871 bits per heavy atom. The lowest BCUT2D eigenvalue weighted by Gasteiger charge is -2.28. The van der Waals surface area contributed by atoms with Crippen LogP contribution in [0.2, 0.25) is 0 Å². The molecular weight excluding hydrogens is 819 g/mol. The number of ether oxygens (including phenoxy) is 2. The fourth-order valence-corrected chi connectivity index (χ4v) is 6.59. The summed E-state index contributed by atoms with van der Waals surface area (Å²) in [4.78, 5) is 59.2. The first-order chi connectivity index (χ1) is 29.6. The Bertz CT molecular complexity index is 2260. The smallest absolute Gasteiger partial charge is 0.255 e. The number of amides is 4. The highest BCUT2D eigenvalue weighted by Crippen LogP contribution is 2.25. The fourth-order valence-electron chi connectivity index (χ4n) is 6.59. The first kappa shape index (κ1) is 45.7. The van der Waals surface area contributed by atoms with E-state index in [9.17, 15) is 36.7 Å². The molecule has 0 fully saturated rings. The van der Waals surface area contributed by atoms with Crippen LogP contribution in [0.4, 0.5) is 37.7 Å². The maximum Gasteiger partial charge on any atom is 0.255 e. The molecule has 0 aliphatic carbocycles. The number of halogens is 6. The molecule has 0 unspecified atom stereocenters. The van der Waals surface area contributed by atoms with E-state index in [-0.39, 0.29) is 35.6 Å². The number of nitrogens with zero attached hydrogens (tertiary/aromatic N) is 2. The van der Waals surface area contributed by atoms with Crippen molar-refractivity contribution in [2.45, 2.75) is 24.9 Å².